The van der Waals surface area contributed by atoms with Crippen molar-refractivity contribution in [3.05, 3.63) is 40.6 Å². The number of benzene rings is 1. The smallest absolute Gasteiger partial charge is 0.162 e. The molecule has 3 rings (SSSR count). The van der Waals surface area contributed by atoms with Gasteiger partial charge in [-0.3, -0.25) is 0 Å². The van der Waals surface area contributed by atoms with Gasteiger partial charge in [0.2, 0.25) is 0 Å². The number of hydrogen-bond donors (Lipinski definition) is 1. The molecule has 0 aliphatic carbocycles. The van der Waals surface area contributed by atoms with Crippen LogP contribution in [0.15, 0.2) is 39.9 Å². The van der Waals surface area contributed by atoms with E-state index in [1.54, 1.807) is 23.1 Å². The second-order valence-electron chi connectivity index (χ2n) is 4.76. The maximum atomic E-state index is 6.14. The first kappa shape index (κ1) is 13.8. The number of ether oxygens (including phenoxy) is 2. The third-order valence-electron chi connectivity index (χ3n) is 3.13. The third kappa shape index (κ3) is 2.95. The largest absolute Gasteiger partial charge is 0.486 e. The summed E-state index contributed by atoms with van der Waals surface area (Å²) < 4.78 is 11.2. The topological polar surface area (TPSA) is 44.5 Å². The minimum atomic E-state index is 0.0859. The van der Waals surface area contributed by atoms with Crippen molar-refractivity contribution in [1.29, 1.82) is 0 Å². The highest BCUT2D eigenvalue weighted by Gasteiger charge is 2.20. The number of nitrogens with two attached hydrogens (primary N) is 1. The van der Waals surface area contributed by atoms with Crippen LogP contribution in [0.4, 0.5) is 0 Å². The normalized spacial score (nSPS) is 16.7. The minimum absolute atomic E-state index is 0.0859. The second-order valence-corrected chi connectivity index (χ2v) is 6.75. The predicted octanol–water partition coefficient (Wildman–Crippen LogP) is 3.70. The van der Waals surface area contributed by atoms with Crippen molar-refractivity contribution in [2.75, 3.05) is 13.2 Å². The number of rotatable bonds is 4. The Hall–Kier alpha value is -1.17. The Labute approximate surface area is 127 Å². The summed E-state index contributed by atoms with van der Waals surface area (Å²) >= 11 is 3.48. The number of thiophene rings is 1. The van der Waals surface area contributed by atoms with Crippen molar-refractivity contribution in [3.8, 4) is 11.5 Å². The summed E-state index contributed by atoms with van der Waals surface area (Å²) in [5.74, 6) is 1.66. The van der Waals surface area contributed by atoms with Crippen LogP contribution in [0.25, 0.3) is 0 Å². The van der Waals surface area contributed by atoms with Crippen LogP contribution in [0.1, 0.15) is 17.7 Å². The van der Waals surface area contributed by atoms with Crippen LogP contribution < -0.4 is 15.2 Å². The number of fused-ring (bicyclic) bond motifs is 1. The monoisotopic (exact) mass is 307 g/mol. The molecule has 0 saturated carbocycles. The van der Waals surface area contributed by atoms with Gasteiger partial charge in [-0.1, -0.05) is 0 Å². The second kappa shape index (κ2) is 6.08. The fraction of sp³-hybridized carbons (Fsp3) is 0.333. The van der Waals surface area contributed by atoms with E-state index in [2.05, 4.69) is 22.9 Å². The first-order valence-corrected chi connectivity index (χ1v) is 8.40. The van der Waals surface area contributed by atoms with Crippen molar-refractivity contribution in [1.82, 2.24) is 0 Å². The molecular formula is C15H17NO2S2. The van der Waals surface area contributed by atoms with E-state index in [1.165, 1.54) is 5.56 Å². The van der Waals surface area contributed by atoms with E-state index in [0.717, 1.165) is 16.4 Å². The zero-order valence-corrected chi connectivity index (χ0v) is 12.9. The Bertz CT molecular complexity index is 569. The standard InChI is InChI=1S/C15H17NO2S2/c1-10(16)15(11-4-7-19-9-11)20-12-2-3-13-14(8-12)18-6-5-17-13/h2-4,7-10,15H,5-6,16H2,1H3. The molecule has 2 atom stereocenters. The van der Waals surface area contributed by atoms with Gasteiger partial charge in [-0.2, -0.15) is 11.3 Å². The molecule has 1 aromatic carbocycles. The van der Waals surface area contributed by atoms with Crippen LogP contribution in [-0.4, -0.2) is 19.3 Å². The van der Waals surface area contributed by atoms with Gasteiger partial charge in [-0.05, 0) is 47.5 Å². The van der Waals surface area contributed by atoms with Crippen LogP contribution in [0, 0.1) is 0 Å². The summed E-state index contributed by atoms with van der Waals surface area (Å²) in [6.07, 6.45) is 0. The lowest BCUT2D eigenvalue weighted by atomic mass is 10.1. The van der Waals surface area contributed by atoms with E-state index in [9.17, 15) is 0 Å². The van der Waals surface area contributed by atoms with Gasteiger partial charge in [0, 0.05) is 10.9 Å². The lowest BCUT2D eigenvalue weighted by Gasteiger charge is -2.22. The quantitative estimate of drug-likeness (QED) is 0.875. The molecule has 106 valence electrons. The molecule has 5 heteroatoms. The maximum absolute atomic E-state index is 6.14. The Kier molecular flexibility index (Phi) is 4.19. The summed E-state index contributed by atoms with van der Waals surface area (Å²) in [4.78, 5) is 1.16. The lowest BCUT2D eigenvalue weighted by Crippen LogP contribution is -2.22. The van der Waals surface area contributed by atoms with E-state index in [0.29, 0.717) is 13.2 Å². The molecule has 1 aliphatic heterocycles. The molecule has 1 aromatic heterocycles. The van der Waals surface area contributed by atoms with Gasteiger partial charge in [0.1, 0.15) is 13.2 Å². The van der Waals surface area contributed by atoms with Crippen LogP contribution in [0.2, 0.25) is 0 Å². The average Bonchev–Trinajstić information content (AvgIpc) is 2.98. The van der Waals surface area contributed by atoms with Crippen molar-refractivity contribution < 1.29 is 9.47 Å². The van der Waals surface area contributed by atoms with E-state index in [4.69, 9.17) is 15.2 Å². The van der Waals surface area contributed by atoms with Crippen molar-refractivity contribution in [3.63, 3.8) is 0 Å². The summed E-state index contributed by atoms with van der Waals surface area (Å²) in [5.41, 5.74) is 7.42. The Balaban J connectivity index is 1.82. The molecular weight excluding hydrogens is 290 g/mol. The molecule has 3 nitrogen and oxygen atoms in total. The molecule has 0 spiro atoms. The van der Waals surface area contributed by atoms with E-state index in [-0.39, 0.29) is 11.3 Å². The van der Waals surface area contributed by atoms with E-state index in [1.807, 2.05) is 19.1 Å². The highest BCUT2D eigenvalue weighted by molar-refractivity contribution is 7.99. The highest BCUT2D eigenvalue weighted by Crippen LogP contribution is 2.41. The number of thioether (sulfide) groups is 1. The molecule has 0 bridgehead atoms. The van der Waals surface area contributed by atoms with Gasteiger partial charge in [0.15, 0.2) is 11.5 Å². The molecule has 0 fully saturated rings. The lowest BCUT2D eigenvalue weighted by molar-refractivity contribution is 0.171. The summed E-state index contributed by atoms with van der Waals surface area (Å²) in [7, 11) is 0. The van der Waals surface area contributed by atoms with E-state index < -0.39 is 0 Å². The van der Waals surface area contributed by atoms with Gasteiger partial charge >= 0.3 is 0 Å². The zero-order valence-electron chi connectivity index (χ0n) is 11.2. The third-order valence-corrected chi connectivity index (χ3v) is 5.31. The fourth-order valence-electron chi connectivity index (χ4n) is 2.16. The van der Waals surface area contributed by atoms with Gasteiger partial charge < -0.3 is 15.2 Å². The van der Waals surface area contributed by atoms with E-state index >= 15 is 0 Å². The Morgan fingerprint density at radius 2 is 2.00 bits per heavy atom. The maximum Gasteiger partial charge on any atom is 0.162 e. The van der Waals surface area contributed by atoms with Crippen molar-refractivity contribution in [2.45, 2.75) is 23.1 Å². The van der Waals surface area contributed by atoms with Gasteiger partial charge in [0.05, 0.1) is 5.25 Å². The van der Waals surface area contributed by atoms with Crippen LogP contribution in [0.5, 0.6) is 11.5 Å². The molecule has 1 aliphatic rings. The van der Waals surface area contributed by atoms with Crippen molar-refractivity contribution in [2.24, 2.45) is 5.73 Å². The summed E-state index contributed by atoms with van der Waals surface area (Å²) in [6, 6.07) is 8.32. The highest BCUT2D eigenvalue weighted by atomic mass is 32.2. The van der Waals surface area contributed by atoms with Gasteiger partial charge in [-0.25, -0.2) is 0 Å². The number of hydrogen-bond acceptors (Lipinski definition) is 5. The molecule has 0 saturated heterocycles. The first-order valence-electron chi connectivity index (χ1n) is 6.58. The average molecular weight is 307 g/mol. The Morgan fingerprint density at radius 3 is 2.70 bits per heavy atom. The molecule has 2 heterocycles. The SMILES string of the molecule is CC(N)C(Sc1ccc2c(c1)OCCO2)c1ccsc1. The van der Waals surface area contributed by atoms with Gasteiger partial charge in [0.25, 0.3) is 0 Å². The van der Waals surface area contributed by atoms with Crippen LogP contribution in [0.3, 0.4) is 0 Å². The molecule has 0 radical (unpaired) electrons. The van der Waals surface area contributed by atoms with Gasteiger partial charge in [-0.15, -0.1) is 11.8 Å². The summed E-state index contributed by atoms with van der Waals surface area (Å²) in [5, 5.41) is 4.51. The first-order chi connectivity index (χ1) is 9.74. The minimum Gasteiger partial charge on any atom is -0.486 e. The van der Waals surface area contributed by atoms with Crippen LogP contribution >= 0.6 is 23.1 Å². The molecule has 2 unspecified atom stereocenters. The predicted molar refractivity (Wildman–Crippen MR) is 84.0 cm³/mol. The Morgan fingerprint density at radius 1 is 1.20 bits per heavy atom. The fourth-order valence-corrected chi connectivity index (χ4v) is 4.05. The molecule has 20 heavy (non-hydrogen) atoms. The molecule has 2 aromatic rings. The van der Waals surface area contributed by atoms with Crippen molar-refractivity contribution >= 4 is 23.1 Å². The molecule has 2 N–H and O–H groups in total. The van der Waals surface area contributed by atoms with Crippen LogP contribution in [-0.2, 0) is 0 Å². The zero-order chi connectivity index (χ0) is 13.9. The molecule has 0 amide bonds. The summed E-state index contributed by atoms with van der Waals surface area (Å²) in [6.45, 7) is 3.28.